The molecule has 0 spiro atoms. The molecule has 0 radical (unpaired) electrons. The van der Waals surface area contributed by atoms with E-state index in [0.717, 1.165) is 22.1 Å². The molecule has 4 heteroatoms. The van der Waals surface area contributed by atoms with Crippen molar-refractivity contribution in [1.82, 2.24) is 4.98 Å². The van der Waals surface area contributed by atoms with Crippen LogP contribution < -0.4 is 22.3 Å². The van der Waals surface area contributed by atoms with Gasteiger partial charge >= 0.3 is 0 Å². The van der Waals surface area contributed by atoms with Gasteiger partial charge in [0.25, 0.3) is 0 Å². The van der Waals surface area contributed by atoms with Crippen LogP contribution in [-0.4, -0.2) is 4.98 Å². The molecule has 0 fully saturated rings. The number of anilines is 2. The van der Waals surface area contributed by atoms with Crippen LogP contribution in [0.3, 0.4) is 0 Å². The maximum atomic E-state index is 4.64. The zero-order valence-electron chi connectivity index (χ0n) is 11.9. The number of thiazole rings is 1. The lowest BCUT2D eigenvalue weighted by Gasteiger charge is -2.03. The summed E-state index contributed by atoms with van der Waals surface area (Å²) in [5.74, 6) is 0. The number of hydrogen-bond donors (Lipinski definition) is 1. The monoisotopic (exact) mass is 359 g/mol. The SMILES string of the molecule is Cc1ccc(-c2csc(Nc3cccc(C)c3)n2)cc1.[Br-]. The molecular weight excluding hydrogens is 344 g/mol. The first kappa shape index (κ1) is 15.7. The molecule has 3 rings (SSSR count). The Morgan fingerprint density at radius 2 is 1.71 bits per heavy atom. The maximum Gasteiger partial charge on any atom is 0.187 e. The van der Waals surface area contributed by atoms with Gasteiger partial charge in [-0.15, -0.1) is 11.3 Å². The summed E-state index contributed by atoms with van der Waals surface area (Å²) < 4.78 is 0. The van der Waals surface area contributed by atoms with Crippen LogP contribution in [0.2, 0.25) is 0 Å². The van der Waals surface area contributed by atoms with Gasteiger partial charge in [0.2, 0.25) is 0 Å². The van der Waals surface area contributed by atoms with Crippen molar-refractivity contribution in [3.05, 3.63) is 65.0 Å². The van der Waals surface area contributed by atoms with Gasteiger partial charge in [-0.05, 0) is 31.5 Å². The molecule has 0 aliphatic rings. The molecule has 21 heavy (non-hydrogen) atoms. The summed E-state index contributed by atoms with van der Waals surface area (Å²) in [7, 11) is 0. The smallest absolute Gasteiger partial charge is 0.187 e. The van der Waals surface area contributed by atoms with Gasteiger partial charge in [0, 0.05) is 16.6 Å². The first-order valence-electron chi connectivity index (χ1n) is 6.57. The highest BCUT2D eigenvalue weighted by Gasteiger charge is 2.04. The van der Waals surface area contributed by atoms with Crippen LogP contribution in [0.4, 0.5) is 10.8 Å². The van der Waals surface area contributed by atoms with Gasteiger partial charge in [-0.25, -0.2) is 4.98 Å². The average Bonchev–Trinajstić information content (AvgIpc) is 2.88. The summed E-state index contributed by atoms with van der Waals surface area (Å²) in [6.07, 6.45) is 0. The van der Waals surface area contributed by atoms with Crippen molar-refractivity contribution in [2.45, 2.75) is 13.8 Å². The number of benzene rings is 2. The molecule has 0 saturated heterocycles. The molecule has 108 valence electrons. The fourth-order valence-electron chi connectivity index (χ4n) is 2.03. The van der Waals surface area contributed by atoms with E-state index < -0.39 is 0 Å². The van der Waals surface area contributed by atoms with Crippen molar-refractivity contribution < 1.29 is 17.0 Å². The normalized spacial score (nSPS) is 10.0. The Morgan fingerprint density at radius 3 is 2.43 bits per heavy atom. The van der Waals surface area contributed by atoms with E-state index in [-0.39, 0.29) is 17.0 Å². The third-order valence-electron chi connectivity index (χ3n) is 3.12. The second-order valence-electron chi connectivity index (χ2n) is 4.90. The topological polar surface area (TPSA) is 24.9 Å². The van der Waals surface area contributed by atoms with Crippen LogP contribution in [-0.2, 0) is 0 Å². The van der Waals surface area contributed by atoms with Crippen LogP contribution >= 0.6 is 11.3 Å². The first-order valence-corrected chi connectivity index (χ1v) is 7.45. The molecule has 0 aliphatic carbocycles. The van der Waals surface area contributed by atoms with Crippen LogP contribution in [0.15, 0.2) is 53.9 Å². The summed E-state index contributed by atoms with van der Waals surface area (Å²) in [6, 6.07) is 16.8. The summed E-state index contributed by atoms with van der Waals surface area (Å²) >= 11 is 1.63. The maximum absolute atomic E-state index is 4.64. The van der Waals surface area contributed by atoms with E-state index in [1.807, 2.05) is 6.07 Å². The van der Waals surface area contributed by atoms with Crippen molar-refractivity contribution in [1.29, 1.82) is 0 Å². The van der Waals surface area contributed by atoms with Crippen molar-refractivity contribution in [2.75, 3.05) is 5.32 Å². The summed E-state index contributed by atoms with van der Waals surface area (Å²) in [5, 5.41) is 6.36. The molecule has 1 aromatic heterocycles. The molecule has 2 aromatic carbocycles. The summed E-state index contributed by atoms with van der Waals surface area (Å²) in [6.45, 7) is 4.18. The number of aryl methyl sites for hydroxylation is 2. The number of rotatable bonds is 3. The van der Waals surface area contributed by atoms with E-state index >= 15 is 0 Å². The van der Waals surface area contributed by atoms with Gasteiger partial charge in [-0.1, -0.05) is 42.0 Å². The van der Waals surface area contributed by atoms with Crippen LogP contribution in [0, 0.1) is 13.8 Å². The second kappa shape index (κ2) is 6.87. The Balaban J connectivity index is 0.00000161. The van der Waals surface area contributed by atoms with Gasteiger partial charge in [0.15, 0.2) is 5.13 Å². The largest absolute Gasteiger partial charge is 1.00 e. The minimum Gasteiger partial charge on any atom is -1.00 e. The highest BCUT2D eigenvalue weighted by molar-refractivity contribution is 7.14. The summed E-state index contributed by atoms with van der Waals surface area (Å²) in [5.41, 5.74) is 5.76. The lowest BCUT2D eigenvalue weighted by Crippen LogP contribution is -3.00. The highest BCUT2D eigenvalue weighted by Crippen LogP contribution is 2.27. The molecular formula is C17H16BrN2S-. The minimum atomic E-state index is 0. The molecule has 1 N–H and O–H groups in total. The van der Waals surface area contributed by atoms with E-state index in [1.165, 1.54) is 11.1 Å². The van der Waals surface area contributed by atoms with Gasteiger partial charge < -0.3 is 22.3 Å². The van der Waals surface area contributed by atoms with Crippen molar-refractivity contribution in [3.8, 4) is 11.3 Å². The predicted molar refractivity (Wildman–Crippen MR) is 86.7 cm³/mol. The molecule has 3 aromatic rings. The lowest BCUT2D eigenvalue weighted by molar-refractivity contribution is -0.00000409. The van der Waals surface area contributed by atoms with Crippen molar-refractivity contribution in [3.63, 3.8) is 0 Å². The Hall–Kier alpha value is -1.65. The quantitative estimate of drug-likeness (QED) is 0.775. The van der Waals surface area contributed by atoms with E-state index in [1.54, 1.807) is 11.3 Å². The number of hydrogen-bond acceptors (Lipinski definition) is 3. The van der Waals surface area contributed by atoms with E-state index in [9.17, 15) is 0 Å². The Labute approximate surface area is 139 Å². The fraction of sp³-hybridized carbons (Fsp3) is 0.118. The van der Waals surface area contributed by atoms with E-state index in [4.69, 9.17) is 0 Å². The first-order chi connectivity index (χ1) is 9.70. The lowest BCUT2D eigenvalue weighted by atomic mass is 10.1. The van der Waals surface area contributed by atoms with Crippen LogP contribution in [0.1, 0.15) is 11.1 Å². The van der Waals surface area contributed by atoms with Crippen molar-refractivity contribution >= 4 is 22.2 Å². The number of aromatic nitrogens is 1. The molecule has 2 nitrogen and oxygen atoms in total. The minimum absolute atomic E-state index is 0. The standard InChI is InChI=1S/C17H16N2S.BrH/c1-12-6-8-14(9-7-12)16-11-20-17(19-16)18-15-5-3-4-13(2)10-15;/h3-11H,1-2H3,(H,18,19);1H/p-1. The third-order valence-corrected chi connectivity index (χ3v) is 3.88. The fourth-order valence-corrected chi connectivity index (χ4v) is 2.77. The second-order valence-corrected chi connectivity index (χ2v) is 5.76. The Bertz CT molecular complexity index is 720. The number of nitrogens with one attached hydrogen (secondary N) is 1. The molecule has 1 heterocycles. The molecule has 0 saturated carbocycles. The molecule has 0 aliphatic heterocycles. The predicted octanol–water partition coefficient (Wildman–Crippen LogP) is 2.17. The van der Waals surface area contributed by atoms with E-state index in [2.05, 4.69) is 72.0 Å². The van der Waals surface area contributed by atoms with Crippen LogP contribution in [0.5, 0.6) is 0 Å². The molecule has 0 bridgehead atoms. The van der Waals surface area contributed by atoms with Crippen molar-refractivity contribution in [2.24, 2.45) is 0 Å². The Morgan fingerprint density at radius 1 is 0.952 bits per heavy atom. The zero-order valence-corrected chi connectivity index (χ0v) is 14.3. The molecule has 0 atom stereocenters. The van der Waals surface area contributed by atoms with Gasteiger partial charge in [0.05, 0.1) is 5.69 Å². The van der Waals surface area contributed by atoms with Gasteiger partial charge in [-0.3, -0.25) is 0 Å². The number of nitrogens with zero attached hydrogens (tertiary/aromatic N) is 1. The Kier molecular flexibility index (Phi) is 5.15. The van der Waals surface area contributed by atoms with Gasteiger partial charge in [-0.2, -0.15) is 0 Å². The average molecular weight is 360 g/mol. The zero-order chi connectivity index (χ0) is 13.9. The molecule has 0 amide bonds. The third kappa shape index (κ3) is 3.93. The van der Waals surface area contributed by atoms with Crippen LogP contribution in [0.25, 0.3) is 11.3 Å². The molecule has 0 unspecified atom stereocenters. The van der Waals surface area contributed by atoms with Gasteiger partial charge in [0.1, 0.15) is 0 Å². The summed E-state index contributed by atoms with van der Waals surface area (Å²) in [4.78, 5) is 4.64. The highest BCUT2D eigenvalue weighted by atomic mass is 79.9. The van der Waals surface area contributed by atoms with E-state index in [0.29, 0.717) is 0 Å². The number of halogens is 1.